The predicted molar refractivity (Wildman–Crippen MR) is 170 cm³/mol. The van der Waals surface area contributed by atoms with E-state index in [-0.39, 0.29) is 42.0 Å². The lowest BCUT2D eigenvalue weighted by atomic mass is 9.89. The highest BCUT2D eigenvalue weighted by Crippen LogP contribution is 2.35. The number of alkyl halides is 3. The molecule has 7 nitrogen and oxygen atoms in total. The number of carbonyl (C=O) groups is 2. The van der Waals surface area contributed by atoms with Gasteiger partial charge in [0.1, 0.15) is 11.9 Å². The Morgan fingerprint density at radius 1 is 0.978 bits per heavy atom. The summed E-state index contributed by atoms with van der Waals surface area (Å²) in [4.78, 5) is 40.8. The molecule has 2 atom stereocenters. The Hall–Kier alpha value is -3.99. The molecule has 0 aliphatic carbocycles. The van der Waals surface area contributed by atoms with Crippen LogP contribution in [0.2, 0.25) is 0 Å². The number of nitrogens with zero attached hydrogens (tertiary/aromatic N) is 2. The maximum absolute atomic E-state index is 15.8. The van der Waals surface area contributed by atoms with Crippen LogP contribution in [0.5, 0.6) is 0 Å². The molecule has 3 aromatic rings. The molecule has 1 amide bonds. The van der Waals surface area contributed by atoms with E-state index in [4.69, 9.17) is 0 Å². The van der Waals surface area contributed by atoms with Crippen LogP contribution in [0, 0.1) is 39.4 Å². The van der Waals surface area contributed by atoms with Gasteiger partial charge in [0.15, 0.2) is 0 Å². The normalized spacial score (nSPS) is 13.3. The summed E-state index contributed by atoms with van der Waals surface area (Å²) in [7, 11) is 3.41. The van der Waals surface area contributed by atoms with Crippen molar-refractivity contribution in [3.63, 3.8) is 0 Å². The van der Waals surface area contributed by atoms with Gasteiger partial charge in [-0.15, -0.1) is 0 Å². The van der Waals surface area contributed by atoms with E-state index in [0.29, 0.717) is 11.6 Å². The zero-order valence-corrected chi connectivity index (χ0v) is 27.6. The Labute approximate surface area is 267 Å². The average Bonchev–Trinajstić information content (AvgIpc) is 2.90. The quantitative estimate of drug-likeness (QED) is 0.209. The highest BCUT2D eigenvalue weighted by molar-refractivity contribution is 5.82. The van der Waals surface area contributed by atoms with Crippen LogP contribution in [-0.4, -0.2) is 47.1 Å². The molecule has 0 saturated carbocycles. The molecule has 0 radical (unpaired) electrons. The van der Waals surface area contributed by atoms with E-state index in [1.54, 1.807) is 45.8 Å². The fourth-order valence-electron chi connectivity index (χ4n) is 5.95. The number of nitrogens with one attached hydrogen (secondary N) is 1. The molecule has 1 aromatic heterocycles. The number of carbonyl (C=O) groups excluding carboxylic acids is 1. The van der Waals surface area contributed by atoms with Gasteiger partial charge >= 0.3 is 12.1 Å². The molecule has 46 heavy (non-hydrogen) atoms. The van der Waals surface area contributed by atoms with Gasteiger partial charge in [-0.1, -0.05) is 31.5 Å². The molecule has 0 bridgehead atoms. The number of halogens is 4. The summed E-state index contributed by atoms with van der Waals surface area (Å²) in [5.74, 6) is -2.96. The minimum atomic E-state index is -4.78. The molecule has 0 saturated heterocycles. The van der Waals surface area contributed by atoms with Crippen molar-refractivity contribution >= 4 is 11.9 Å². The minimum absolute atomic E-state index is 0.0328. The summed E-state index contributed by atoms with van der Waals surface area (Å²) in [6.45, 7) is 11.2. The highest BCUT2D eigenvalue weighted by Gasteiger charge is 2.36. The summed E-state index contributed by atoms with van der Waals surface area (Å²) in [6.07, 6.45) is -4.34. The molecule has 0 spiro atoms. The molecule has 0 fully saturated rings. The smallest absolute Gasteiger partial charge is 0.416 e. The van der Waals surface area contributed by atoms with Crippen LogP contribution < -0.4 is 10.9 Å². The van der Waals surface area contributed by atoms with Gasteiger partial charge in [0.2, 0.25) is 5.91 Å². The Morgan fingerprint density at radius 2 is 1.59 bits per heavy atom. The fourth-order valence-corrected chi connectivity index (χ4v) is 5.95. The molecule has 250 valence electrons. The first-order chi connectivity index (χ1) is 21.3. The number of rotatable bonds is 12. The number of amides is 1. The Morgan fingerprint density at radius 3 is 2.11 bits per heavy atom. The fraction of sp³-hybridized carbons (Fsp3) is 0.457. The third kappa shape index (κ3) is 8.84. The van der Waals surface area contributed by atoms with E-state index in [1.165, 1.54) is 6.07 Å². The first-order valence-corrected chi connectivity index (χ1v) is 15.2. The Kier molecular flexibility index (Phi) is 11.6. The van der Waals surface area contributed by atoms with E-state index < -0.39 is 53.5 Å². The monoisotopic (exact) mass is 645 g/mol. The van der Waals surface area contributed by atoms with Gasteiger partial charge in [-0.05, 0) is 106 Å². The van der Waals surface area contributed by atoms with Crippen LogP contribution in [0.25, 0.3) is 11.1 Å². The van der Waals surface area contributed by atoms with Gasteiger partial charge in [-0.2, -0.15) is 13.2 Å². The van der Waals surface area contributed by atoms with Crippen molar-refractivity contribution in [2.75, 3.05) is 20.6 Å². The third-order valence-electron chi connectivity index (χ3n) is 7.95. The van der Waals surface area contributed by atoms with Crippen LogP contribution in [-0.2, 0) is 22.2 Å². The van der Waals surface area contributed by atoms with Crippen molar-refractivity contribution in [1.82, 2.24) is 14.8 Å². The van der Waals surface area contributed by atoms with E-state index in [1.807, 2.05) is 32.9 Å². The summed E-state index contributed by atoms with van der Waals surface area (Å²) >= 11 is 0. The van der Waals surface area contributed by atoms with Crippen LogP contribution in [0.4, 0.5) is 17.6 Å². The third-order valence-corrected chi connectivity index (χ3v) is 7.95. The molecule has 0 aliphatic rings. The maximum atomic E-state index is 15.8. The van der Waals surface area contributed by atoms with Crippen molar-refractivity contribution in [2.45, 2.75) is 79.1 Å². The topological polar surface area (TPSA) is 91.6 Å². The first kappa shape index (κ1) is 36.5. The number of carboxylic acid groups (broad SMARTS) is 1. The second-order valence-corrected chi connectivity index (χ2v) is 12.8. The molecule has 2 N–H and O–H groups in total. The largest absolute Gasteiger partial charge is 0.481 e. The molecule has 11 heteroatoms. The molecular formula is C35H43F4N3O4. The first-order valence-electron chi connectivity index (χ1n) is 15.2. The number of hydrogen-bond donors (Lipinski definition) is 2. The number of carboxylic acids is 1. The second-order valence-electron chi connectivity index (χ2n) is 12.8. The number of likely N-dealkylation sites (N-methyl/N-ethyl adjacent to an activating group) is 1. The lowest BCUT2D eigenvalue weighted by molar-refractivity contribution is -0.139. The van der Waals surface area contributed by atoms with Gasteiger partial charge < -0.3 is 19.9 Å². The zero-order valence-electron chi connectivity index (χ0n) is 27.6. The highest BCUT2D eigenvalue weighted by atomic mass is 19.4. The van der Waals surface area contributed by atoms with Crippen LogP contribution >= 0.6 is 0 Å². The summed E-state index contributed by atoms with van der Waals surface area (Å²) in [5.41, 5.74) is 2.40. The maximum Gasteiger partial charge on any atom is 0.416 e. The van der Waals surface area contributed by atoms with Crippen molar-refractivity contribution in [3.05, 3.63) is 91.6 Å². The molecule has 2 unspecified atom stereocenters. The summed E-state index contributed by atoms with van der Waals surface area (Å²) in [6, 6.07) is 5.06. The molecular weight excluding hydrogens is 602 g/mol. The molecule has 3 rings (SSSR count). The van der Waals surface area contributed by atoms with Gasteiger partial charge in [0.25, 0.3) is 5.56 Å². The van der Waals surface area contributed by atoms with Gasteiger partial charge in [0.05, 0.1) is 18.0 Å². The Bertz CT molecular complexity index is 1640. The summed E-state index contributed by atoms with van der Waals surface area (Å²) < 4.78 is 58.4. The van der Waals surface area contributed by atoms with E-state index in [2.05, 4.69) is 5.32 Å². The number of aryl methyl sites for hydroxylation is 4. The van der Waals surface area contributed by atoms with Gasteiger partial charge in [-0.25, -0.2) is 4.39 Å². The van der Waals surface area contributed by atoms with Crippen molar-refractivity contribution in [3.8, 4) is 11.1 Å². The number of aliphatic carboxylic acids is 1. The lowest BCUT2D eigenvalue weighted by Gasteiger charge is -2.27. The van der Waals surface area contributed by atoms with E-state index in [9.17, 15) is 32.7 Å². The second kappa shape index (κ2) is 14.6. The summed E-state index contributed by atoms with van der Waals surface area (Å²) in [5, 5.41) is 12.4. The predicted octanol–water partition coefficient (Wildman–Crippen LogP) is 6.93. The van der Waals surface area contributed by atoms with Crippen molar-refractivity contribution in [2.24, 2.45) is 5.92 Å². The van der Waals surface area contributed by atoms with Crippen molar-refractivity contribution < 1.29 is 32.3 Å². The Balaban J connectivity index is 2.15. The van der Waals surface area contributed by atoms with Crippen LogP contribution in [0.1, 0.15) is 77.7 Å². The number of hydrogen-bond acceptors (Lipinski definition) is 4. The van der Waals surface area contributed by atoms with Gasteiger partial charge in [-0.3, -0.25) is 14.4 Å². The SMILES string of the molecule is Cc1cc(C)c(-c2cc(C)c(F)c(C(CC(=O)O)NC(=O)C(CC(C)C)n3cc(CCN(C)C)c(C(F)(F)F)cc3=O)c2)c(C)c1. The molecule has 1 heterocycles. The number of pyridine rings is 1. The van der Waals surface area contributed by atoms with E-state index in [0.717, 1.165) is 33.0 Å². The van der Waals surface area contributed by atoms with Crippen molar-refractivity contribution in [1.29, 1.82) is 0 Å². The zero-order chi connectivity index (χ0) is 34.7. The molecule has 0 aliphatic heterocycles. The van der Waals surface area contributed by atoms with Crippen LogP contribution in [0.15, 0.2) is 41.3 Å². The minimum Gasteiger partial charge on any atom is -0.481 e. The molecule has 2 aromatic carbocycles. The average molecular weight is 646 g/mol. The lowest BCUT2D eigenvalue weighted by Crippen LogP contribution is -2.41. The number of aromatic nitrogens is 1. The van der Waals surface area contributed by atoms with Crippen LogP contribution in [0.3, 0.4) is 0 Å². The number of benzene rings is 2. The van der Waals surface area contributed by atoms with Gasteiger partial charge in [0, 0.05) is 24.4 Å². The van der Waals surface area contributed by atoms with E-state index >= 15 is 4.39 Å². The standard InChI is InChI=1S/C35H43F4N3O4/c1-19(2)11-29(42-18-24(9-10-41(7)8)27(16-30(42)43)35(37,38)39)34(46)40-28(17-31(44)45)26-15-25(14-23(6)33(26)36)32-21(4)12-20(3)13-22(32)5/h12-16,18-19,28-29H,9-11,17H2,1-8H3,(H,40,46)(H,44,45).